The number of hydrogen-bond donors (Lipinski definition) is 1. The van der Waals surface area contributed by atoms with E-state index in [-0.39, 0.29) is 17.3 Å². The van der Waals surface area contributed by atoms with E-state index in [1.165, 1.54) is 18.2 Å². The van der Waals surface area contributed by atoms with Gasteiger partial charge >= 0.3 is 0 Å². The summed E-state index contributed by atoms with van der Waals surface area (Å²) in [6.45, 7) is 6.82. The molecule has 0 bridgehead atoms. The fourth-order valence-electron chi connectivity index (χ4n) is 1.68. The molecule has 0 spiro atoms. The fraction of sp³-hybridized carbons (Fsp3) is 0.462. The van der Waals surface area contributed by atoms with Crippen LogP contribution in [-0.4, -0.2) is 18.5 Å². The van der Waals surface area contributed by atoms with Crippen molar-refractivity contribution in [3.63, 3.8) is 0 Å². The second-order valence-electron chi connectivity index (χ2n) is 5.36. The summed E-state index contributed by atoms with van der Waals surface area (Å²) in [6, 6.07) is 4.30. The number of anilines is 1. The lowest BCUT2D eigenvalue weighted by atomic mass is 9.88. The van der Waals surface area contributed by atoms with Crippen LogP contribution in [0.3, 0.4) is 0 Å². The van der Waals surface area contributed by atoms with Crippen molar-refractivity contribution in [1.82, 2.24) is 0 Å². The standard InChI is InChI=1S/C13H17FN2O/c1-13(2,3)11-7-17-12(16-11)9-6-8(14)4-5-10(9)15/h4-6,11H,7,15H2,1-3H3/t11-/m1/s1. The van der Waals surface area contributed by atoms with Crippen LogP contribution in [-0.2, 0) is 4.74 Å². The van der Waals surface area contributed by atoms with Crippen LogP contribution in [0.4, 0.5) is 10.1 Å². The third-order valence-electron chi connectivity index (χ3n) is 2.90. The van der Waals surface area contributed by atoms with Crippen molar-refractivity contribution in [2.24, 2.45) is 10.4 Å². The second-order valence-corrected chi connectivity index (χ2v) is 5.36. The third kappa shape index (κ3) is 2.40. The number of nitrogens with zero attached hydrogens (tertiary/aromatic N) is 1. The lowest BCUT2D eigenvalue weighted by Crippen LogP contribution is -2.25. The fourth-order valence-corrected chi connectivity index (χ4v) is 1.68. The summed E-state index contributed by atoms with van der Waals surface area (Å²) in [5, 5.41) is 0. The number of nitrogen functional groups attached to an aromatic ring is 1. The first-order valence-electron chi connectivity index (χ1n) is 5.64. The number of nitrogens with two attached hydrogens (primary N) is 1. The maximum Gasteiger partial charge on any atom is 0.218 e. The predicted molar refractivity (Wildman–Crippen MR) is 66.5 cm³/mol. The number of aliphatic imine (C=N–C) groups is 1. The summed E-state index contributed by atoms with van der Waals surface area (Å²) in [5.74, 6) is 0.113. The van der Waals surface area contributed by atoms with Gasteiger partial charge in [-0.3, -0.25) is 0 Å². The molecule has 1 atom stereocenters. The third-order valence-corrected chi connectivity index (χ3v) is 2.90. The molecule has 2 rings (SSSR count). The van der Waals surface area contributed by atoms with E-state index in [2.05, 4.69) is 25.8 Å². The first kappa shape index (κ1) is 11.9. The maximum absolute atomic E-state index is 13.2. The molecule has 0 fully saturated rings. The zero-order valence-electron chi connectivity index (χ0n) is 10.3. The van der Waals surface area contributed by atoms with Crippen molar-refractivity contribution in [1.29, 1.82) is 0 Å². The highest BCUT2D eigenvalue weighted by atomic mass is 19.1. The van der Waals surface area contributed by atoms with Gasteiger partial charge in [0.1, 0.15) is 12.4 Å². The molecule has 0 radical (unpaired) electrons. The molecule has 3 nitrogen and oxygen atoms in total. The molecule has 1 aromatic rings. The quantitative estimate of drug-likeness (QED) is 0.762. The highest BCUT2D eigenvalue weighted by Gasteiger charge is 2.31. The predicted octanol–water partition coefficient (Wildman–Crippen LogP) is 2.60. The van der Waals surface area contributed by atoms with Crippen LogP contribution in [0.1, 0.15) is 26.3 Å². The van der Waals surface area contributed by atoms with Gasteiger partial charge in [0.15, 0.2) is 0 Å². The molecular weight excluding hydrogens is 219 g/mol. The van der Waals surface area contributed by atoms with Gasteiger partial charge in [-0.2, -0.15) is 0 Å². The van der Waals surface area contributed by atoms with Gasteiger partial charge in [0.05, 0.1) is 11.6 Å². The summed E-state index contributed by atoms with van der Waals surface area (Å²) in [4.78, 5) is 4.48. The van der Waals surface area contributed by atoms with E-state index in [9.17, 15) is 4.39 Å². The SMILES string of the molecule is CC(C)(C)[C@H]1COC(c2cc(F)ccc2N)=N1. The molecule has 4 heteroatoms. The largest absolute Gasteiger partial charge is 0.475 e. The van der Waals surface area contributed by atoms with Gasteiger partial charge in [0.25, 0.3) is 0 Å². The van der Waals surface area contributed by atoms with Crippen molar-refractivity contribution in [2.75, 3.05) is 12.3 Å². The van der Waals surface area contributed by atoms with Crippen LogP contribution in [0.15, 0.2) is 23.2 Å². The van der Waals surface area contributed by atoms with Crippen molar-refractivity contribution in [3.05, 3.63) is 29.6 Å². The summed E-state index contributed by atoms with van der Waals surface area (Å²) >= 11 is 0. The average molecular weight is 236 g/mol. The Kier molecular flexibility index (Phi) is 2.81. The van der Waals surface area contributed by atoms with Crippen molar-refractivity contribution in [3.8, 4) is 0 Å². The van der Waals surface area contributed by atoms with Gasteiger partial charge in [0.2, 0.25) is 5.90 Å². The maximum atomic E-state index is 13.2. The van der Waals surface area contributed by atoms with Gasteiger partial charge in [-0.15, -0.1) is 0 Å². The molecule has 1 aliphatic heterocycles. The molecule has 92 valence electrons. The smallest absolute Gasteiger partial charge is 0.218 e. The Bertz CT molecular complexity index is 463. The Morgan fingerprint density at radius 2 is 2.12 bits per heavy atom. The second kappa shape index (κ2) is 4.02. The highest BCUT2D eigenvalue weighted by molar-refractivity contribution is 5.99. The first-order valence-corrected chi connectivity index (χ1v) is 5.64. The minimum Gasteiger partial charge on any atom is -0.475 e. The lowest BCUT2D eigenvalue weighted by molar-refractivity contribution is 0.236. The van der Waals surface area contributed by atoms with Crippen LogP contribution in [0, 0.1) is 11.2 Å². The molecule has 0 amide bonds. The molecule has 0 saturated carbocycles. The van der Waals surface area contributed by atoms with Gasteiger partial charge in [-0.05, 0) is 23.6 Å². The van der Waals surface area contributed by atoms with Crippen LogP contribution in [0.5, 0.6) is 0 Å². The van der Waals surface area contributed by atoms with Gasteiger partial charge in [-0.1, -0.05) is 20.8 Å². The van der Waals surface area contributed by atoms with Crippen LogP contribution >= 0.6 is 0 Å². The molecule has 0 unspecified atom stereocenters. The van der Waals surface area contributed by atoms with Crippen molar-refractivity contribution >= 4 is 11.6 Å². The summed E-state index contributed by atoms with van der Waals surface area (Å²) in [5.41, 5.74) is 6.85. The molecule has 0 aliphatic carbocycles. The number of hydrogen-bond acceptors (Lipinski definition) is 3. The van der Waals surface area contributed by atoms with E-state index in [1.807, 2.05) is 0 Å². The van der Waals surface area contributed by atoms with E-state index in [4.69, 9.17) is 10.5 Å². The first-order chi connectivity index (χ1) is 7.88. The van der Waals surface area contributed by atoms with E-state index in [0.29, 0.717) is 23.8 Å². The minimum absolute atomic E-state index is 0.0316. The Hall–Kier alpha value is -1.58. The van der Waals surface area contributed by atoms with Crippen LogP contribution in [0.2, 0.25) is 0 Å². The summed E-state index contributed by atoms with van der Waals surface area (Å²) in [7, 11) is 0. The molecule has 0 saturated heterocycles. The Morgan fingerprint density at radius 1 is 1.41 bits per heavy atom. The highest BCUT2D eigenvalue weighted by Crippen LogP contribution is 2.28. The Balaban J connectivity index is 2.33. The molecule has 0 aromatic heterocycles. The minimum atomic E-state index is -0.334. The van der Waals surface area contributed by atoms with Crippen LogP contribution in [0.25, 0.3) is 0 Å². The molecule has 1 heterocycles. The molecular formula is C13H17FN2O. The number of rotatable bonds is 1. The number of halogens is 1. The lowest BCUT2D eigenvalue weighted by Gasteiger charge is -2.21. The van der Waals surface area contributed by atoms with E-state index in [0.717, 1.165) is 0 Å². The number of benzene rings is 1. The van der Waals surface area contributed by atoms with Crippen LogP contribution < -0.4 is 5.73 Å². The molecule has 17 heavy (non-hydrogen) atoms. The van der Waals surface area contributed by atoms with Gasteiger partial charge < -0.3 is 10.5 Å². The zero-order chi connectivity index (χ0) is 12.6. The molecule has 2 N–H and O–H groups in total. The van der Waals surface area contributed by atoms with Gasteiger partial charge in [-0.25, -0.2) is 9.38 Å². The zero-order valence-corrected chi connectivity index (χ0v) is 10.3. The van der Waals surface area contributed by atoms with E-state index >= 15 is 0 Å². The summed E-state index contributed by atoms with van der Waals surface area (Å²) in [6.07, 6.45) is 0. The number of ether oxygens (including phenoxy) is 1. The van der Waals surface area contributed by atoms with Crippen molar-refractivity contribution < 1.29 is 9.13 Å². The normalized spacial score (nSPS) is 20.0. The molecule has 1 aromatic carbocycles. The van der Waals surface area contributed by atoms with E-state index in [1.54, 1.807) is 0 Å². The van der Waals surface area contributed by atoms with Crippen molar-refractivity contribution in [2.45, 2.75) is 26.8 Å². The van der Waals surface area contributed by atoms with Gasteiger partial charge in [0, 0.05) is 5.69 Å². The monoisotopic (exact) mass is 236 g/mol. The average Bonchev–Trinajstić information content (AvgIpc) is 2.70. The topological polar surface area (TPSA) is 47.6 Å². The Labute approximate surface area is 100 Å². The Morgan fingerprint density at radius 3 is 2.71 bits per heavy atom. The van der Waals surface area contributed by atoms with E-state index < -0.39 is 0 Å². The summed E-state index contributed by atoms with van der Waals surface area (Å²) < 4.78 is 18.7. The molecule has 1 aliphatic rings.